The summed E-state index contributed by atoms with van der Waals surface area (Å²) in [6.45, 7) is 4.09. The zero-order valence-corrected chi connectivity index (χ0v) is 16.9. The fourth-order valence-corrected chi connectivity index (χ4v) is 3.65. The number of rotatable bonds is 9. The van der Waals surface area contributed by atoms with Gasteiger partial charge in [-0.2, -0.15) is 0 Å². The van der Waals surface area contributed by atoms with E-state index in [0.29, 0.717) is 30.4 Å². The van der Waals surface area contributed by atoms with E-state index in [9.17, 15) is 20.1 Å². The Labute approximate surface area is 170 Å². The number of aromatic hydroxyl groups is 2. The molecule has 0 aromatic heterocycles. The number of ether oxygens (including phenoxy) is 2. The summed E-state index contributed by atoms with van der Waals surface area (Å²) in [4.78, 5) is 12.5. The van der Waals surface area contributed by atoms with Gasteiger partial charge >= 0.3 is 5.97 Å². The number of phenols is 2. The highest BCUT2D eigenvalue weighted by Gasteiger charge is 2.45. The summed E-state index contributed by atoms with van der Waals surface area (Å²) in [7, 11) is 0. The van der Waals surface area contributed by atoms with Crippen LogP contribution < -0.4 is 4.74 Å². The van der Waals surface area contributed by atoms with Crippen LogP contribution in [0.15, 0.2) is 30.3 Å². The Morgan fingerprint density at radius 3 is 2.55 bits per heavy atom. The third-order valence-electron chi connectivity index (χ3n) is 5.17. The lowest BCUT2D eigenvalue weighted by Gasteiger charge is -2.22. The summed E-state index contributed by atoms with van der Waals surface area (Å²) < 4.78 is 11.3. The zero-order valence-electron chi connectivity index (χ0n) is 16.9. The highest BCUT2D eigenvalue weighted by atomic mass is 16.7. The molecule has 0 bridgehead atoms. The van der Waals surface area contributed by atoms with Crippen molar-refractivity contribution in [1.82, 2.24) is 0 Å². The molecule has 1 unspecified atom stereocenters. The van der Waals surface area contributed by atoms with Crippen LogP contribution >= 0.6 is 0 Å². The molecule has 29 heavy (non-hydrogen) atoms. The van der Waals surface area contributed by atoms with Crippen molar-refractivity contribution in [2.24, 2.45) is 0 Å². The minimum absolute atomic E-state index is 0.0482. The van der Waals surface area contributed by atoms with Crippen LogP contribution in [-0.4, -0.2) is 21.3 Å². The van der Waals surface area contributed by atoms with Gasteiger partial charge in [0.25, 0.3) is 0 Å². The number of fused-ring (bicyclic) bond motifs is 1. The average molecular weight is 400 g/mol. The number of aryl methyl sites for hydroxylation is 1. The number of benzene rings is 2. The Kier molecular flexibility index (Phi) is 6.33. The van der Waals surface area contributed by atoms with Crippen LogP contribution in [0.3, 0.4) is 0 Å². The number of hydrogen-bond donors (Lipinski definition) is 3. The molecule has 1 aliphatic rings. The number of hydrogen-bond acceptors (Lipinski definition) is 6. The molecule has 1 aliphatic heterocycles. The van der Waals surface area contributed by atoms with Gasteiger partial charge in [0.1, 0.15) is 17.1 Å². The van der Waals surface area contributed by atoms with E-state index in [1.807, 2.05) is 6.92 Å². The van der Waals surface area contributed by atoms with Gasteiger partial charge in [0.15, 0.2) is 11.5 Å². The van der Waals surface area contributed by atoms with Crippen LogP contribution in [0.2, 0.25) is 0 Å². The van der Waals surface area contributed by atoms with E-state index in [-0.39, 0.29) is 28.6 Å². The van der Waals surface area contributed by atoms with Crippen molar-refractivity contribution >= 4 is 5.97 Å². The molecule has 3 N–H and O–H groups in total. The molecule has 3 rings (SSSR count). The maximum absolute atomic E-state index is 12.5. The van der Waals surface area contributed by atoms with E-state index in [1.165, 1.54) is 6.07 Å². The quantitative estimate of drug-likeness (QED) is 0.399. The molecule has 156 valence electrons. The molecule has 0 aliphatic carbocycles. The second kappa shape index (κ2) is 8.74. The minimum Gasteiger partial charge on any atom is -0.508 e. The first kappa shape index (κ1) is 21.0. The van der Waals surface area contributed by atoms with Crippen LogP contribution in [0.5, 0.6) is 23.0 Å². The van der Waals surface area contributed by atoms with Crippen LogP contribution in [0.4, 0.5) is 0 Å². The minimum atomic E-state index is -1.66. The first-order chi connectivity index (χ1) is 13.9. The summed E-state index contributed by atoms with van der Waals surface area (Å²) in [5.41, 5.74) is 1.19. The molecule has 6 nitrogen and oxygen atoms in total. The van der Waals surface area contributed by atoms with E-state index < -0.39 is 11.8 Å². The van der Waals surface area contributed by atoms with E-state index in [1.54, 1.807) is 24.3 Å². The lowest BCUT2D eigenvalue weighted by Crippen LogP contribution is -2.25. The number of esters is 1. The number of carbonyl (C=O) groups is 1. The van der Waals surface area contributed by atoms with Crippen LogP contribution in [0.25, 0.3) is 0 Å². The maximum Gasteiger partial charge on any atom is 0.345 e. The van der Waals surface area contributed by atoms with Crippen molar-refractivity contribution in [1.29, 1.82) is 0 Å². The van der Waals surface area contributed by atoms with E-state index >= 15 is 0 Å². The molecule has 0 saturated heterocycles. The predicted octanol–water partition coefficient (Wildman–Crippen LogP) is 5.13. The summed E-state index contributed by atoms with van der Waals surface area (Å²) in [6.07, 6.45) is 5.40. The molecule has 2 aromatic carbocycles. The Balaban J connectivity index is 1.98. The van der Waals surface area contributed by atoms with Gasteiger partial charge in [-0.15, -0.1) is 0 Å². The van der Waals surface area contributed by atoms with E-state index in [0.717, 1.165) is 25.7 Å². The van der Waals surface area contributed by atoms with Crippen molar-refractivity contribution in [3.8, 4) is 23.0 Å². The fraction of sp³-hybridized carbons (Fsp3) is 0.435. The van der Waals surface area contributed by atoms with Gasteiger partial charge in [0.05, 0.1) is 0 Å². The Bertz CT molecular complexity index is 891. The fourth-order valence-electron chi connectivity index (χ4n) is 3.65. The second-order valence-corrected chi connectivity index (χ2v) is 7.47. The number of carbonyl (C=O) groups excluding carboxylic acids is 1. The summed E-state index contributed by atoms with van der Waals surface area (Å²) in [5, 5.41) is 31.1. The van der Waals surface area contributed by atoms with Crippen LogP contribution in [0.1, 0.15) is 73.9 Å². The molecule has 1 heterocycles. The Morgan fingerprint density at radius 2 is 1.83 bits per heavy atom. The number of phenolic OH excluding ortho intramolecular Hbond substituents is 2. The second-order valence-electron chi connectivity index (χ2n) is 7.47. The molecule has 2 aromatic rings. The van der Waals surface area contributed by atoms with Crippen LogP contribution in [0, 0.1) is 0 Å². The third-order valence-corrected chi connectivity index (χ3v) is 5.17. The molecule has 1 atom stereocenters. The Hall–Kier alpha value is -2.73. The van der Waals surface area contributed by atoms with Gasteiger partial charge in [-0.05, 0) is 31.4 Å². The maximum atomic E-state index is 12.5. The molecule has 0 saturated carbocycles. The number of aliphatic hydroxyl groups is 1. The molecule has 0 spiro atoms. The monoisotopic (exact) mass is 400 g/mol. The van der Waals surface area contributed by atoms with Gasteiger partial charge in [0, 0.05) is 23.6 Å². The SMILES string of the molecule is CCCCCc1cc(O)cc(O)c1Oc1cccc2c1C(=O)OC2(O)CCCC. The lowest BCUT2D eigenvalue weighted by molar-refractivity contribution is -0.168. The van der Waals surface area contributed by atoms with Gasteiger partial charge in [-0.25, -0.2) is 4.79 Å². The third kappa shape index (κ3) is 4.32. The van der Waals surface area contributed by atoms with Gasteiger partial charge < -0.3 is 24.8 Å². The summed E-state index contributed by atoms with van der Waals surface area (Å²) >= 11 is 0. The molecular weight excluding hydrogens is 372 g/mol. The molecular formula is C23H28O6. The highest BCUT2D eigenvalue weighted by molar-refractivity contribution is 5.97. The Morgan fingerprint density at radius 1 is 1.07 bits per heavy atom. The smallest absolute Gasteiger partial charge is 0.345 e. The summed E-state index contributed by atoms with van der Waals surface area (Å²) in [6, 6.07) is 7.71. The van der Waals surface area contributed by atoms with Gasteiger partial charge in [-0.3, -0.25) is 0 Å². The van der Waals surface area contributed by atoms with Crippen molar-refractivity contribution in [3.05, 3.63) is 47.0 Å². The van der Waals surface area contributed by atoms with Crippen molar-refractivity contribution in [3.63, 3.8) is 0 Å². The largest absolute Gasteiger partial charge is 0.508 e. The first-order valence-electron chi connectivity index (χ1n) is 10.2. The molecule has 0 fully saturated rings. The van der Waals surface area contributed by atoms with Crippen molar-refractivity contribution < 1.29 is 29.6 Å². The first-order valence-corrected chi connectivity index (χ1v) is 10.2. The lowest BCUT2D eigenvalue weighted by atomic mass is 9.97. The topological polar surface area (TPSA) is 96.2 Å². The van der Waals surface area contributed by atoms with Gasteiger partial charge in [-0.1, -0.05) is 45.2 Å². The number of unbranched alkanes of at least 4 members (excludes halogenated alkanes) is 3. The van der Waals surface area contributed by atoms with E-state index in [2.05, 4.69) is 6.92 Å². The van der Waals surface area contributed by atoms with Crippen molar-refractivity contribution in [2.45, 2.75) is 64.6 Å². The average Bonchev–Trinajstić information content (AvgIpc) is 2.94. The van der Waals surface area contributed by atoms with Gasteiger partial charge in [0.2, 0.25) is 5.79 Å². The zero-order chi connectivity index (χ0) is 21.0. The summed E-state index contributed by atoms with van der Waals surface area (Å²) in [5.74, 6) is -2.17. The number of cyclic esters (lactones) is 1. The van der Waals surface area contributed by atoms with E-state index in [4.69, 9.17) is 9.47 Å². The molecule has 0 radical (unpaired) electrons. The normalized spacial score (nSPS) is 17.8. The predicted molar refractivity (Wildman–Crippen MR) is 108 cm³/mol. The van der Waals surface area contributed by atoms with Crippen LogP contribution in [-0.2, 0) is 16.9 Å². The van der Waals surface area contributed by atoms with Crippen molar-refractivity contribution in [2.75, 3.05) is 0 Å². The highest BCUT2D eigenvalue weighted by Crippen LogP contribution is 2.45. The molecule has 0 amide bonds. The standard InChI is InChI=1S/C23H28O6/c1-3-5-7-9-15-13-16(24)14-18(25)21(15)28-19-11-8-10-17-20(19)22(26)29-23(17,27)12-6-4-2/h8,10-11,13-14,24-25,27H,3-7,9,12H2,1-2H3. The molecule has 6 heteroatoms.